The van der Waals surface area contributed by atoms with Gasteiger partial charge in [0.05, 0.1) is 11.7 Å². The molecule has 3 rings (SSSR count). The van der Waals surface area contributed by atoms with Gasteiger partial charge in [0.2, 0.25) is 0 Å². The predicted molar refractivity (Wildman–Crippen MR) is 108 cm³/mol. The maximum absolute atomic E-state index is 12.5. The Labute approximate surface area is 165 Å². The van der Waals surface area contributed by atoms with Crippen LogP contribution in [-0.2, 0) is 27.8 Å². The molecule has 0 fully saturated rings. The molecular weight excluding hydrogens is 354 g/mol. The number of hydrogen-bond donors (Lipinski definition) is 1. The second kappa shape index (κ2) is 8.42. The minimum absolute atomic E-state index is 0.0326. The first-order valence-corrected chi connectivity index (χ1v) is 9.64. The van der Waals surface area contributed by atoms with E-state index >= 15 is 0 Å². The number of benzene rings is 1. The monoisotopic (exact) mass is 381 g/mol. The molecule has 0 saturated heterocycles. The van der Waals surface area contributed by atoms with Crippen molar-refractivity contribution in [1.82, 2.24) is 15.1 Å². The van der Waals surface area contributed by atoms with Gasteiger partial charge in [0, 0.05) is 24.4 Å². The number of aromatic nitrogens is 2. The molecule has 1 amide bonds. The summed E-state index contributed by atoms with van der Waals surface area (Å²) in [6, 6.07) is 8.13. The number of carbonyl (C=O) groups is 2. The van der Waals surface area contributed by atoms with Gasteiger partial charge in [-0.2, -0.15) is 5.10 Å². The number of nitrogens with zero attached hydrogens (tertiary/aromatic N) is 2. The molecule has 148 valence electrons. The Morgan fingerprint density at radius 3 is 2.79 bits per heavy atom. The molecule has 28 heavy (non-hydrogen) atoms. The highest BCUT2D eigenvalue weighted by atomic mass is 16.5. The highest BCUT2D eigenvalue weighted by Gasteiger charge is 2.25. The van der Waals surface area contributed by atoms with Gasteiger partial charge in [-0.15, -0.1) is 0 Å². The zero-order valence-corrected chi connectivity index (χ0v) is 16.9. The summed E-state index contributed by atoms with van der Waals surface area (Å²) in [7, 11) is 1.85. The lowest BCUT2D eigenvalue weighted by atomic mass is 9.87. The van der Waals surface area contributed by atoms with Crippen LogP contribution in [0.5, 0.6) is 0 Å². The highest BCUT2D eigenvalue weighted by Crippen LogP contribution is 2.29. The summed E-state index contributed by atoms with van der Waals surface area (Å²) in [6.07, 6.45) is 5.12. The molecular formula is C22H27N3O3. The van der Waals surface area contributed by atoms with Crippen LogP contribution >= 0.6 is 0 Å². The second-order valence-electron chi connectivity index (χ2n) is 7.27. The fourth-order valence-corrected chi connectivity index (χ4v) is 3.64. The third kappa shape index (κ3) is 4.32. The summed E-state index contributed by atoms with van der Waals surface area (Å²) in [5, 5.41) is 7.33. The lowest BCUT2D eigenvalue weighted by Gasteiger charge is -2.27. The van der Waals surface area contributed by atoms with Crippen LogP contribution in [0, 0.1) is 13.8 Å². The molecule has 0 unspecified atom stereocenters. The van der Waals surface area contributed by atoms with Crippen LogP contribution < -0.4 is 5.32 Å². The van der Waals surface area contributed by atoms with Crippen molar-refractivity contribution >= 4 is 18.0 Å². The van der Waals surface area contributed by atoms with Crippen LogP contribution in [0.25, 0.3) is 6.08 Å². The summed E-state index contributed by atoms with van der Waals surface area (Å²) in [6.45, 7) is 5.41. The molecule has 6 heteroatoms. The number of carbonyl (C=O) groups excluding carboxylic acids is 2. The third-order valence-electron chi connectivity index (χ3n) is 5.30. The van der Waals surface area contributed by atoms with Crippen molar-refractivity contribution in [2.45, 2.75) is 52.2 Å². The Hall–Kier alpha value is -2.89. The molecule has 2 atom stereocenters. The van der Waals surface area contributed by atoms with Crippen LogP contribution in [0.3, 0.4) is 0 Å². The van der Waals surface area contributed by atoms with E-state index in [4.69, 9.17) is 4.74 Å². The number of amides is 1. The lowest BCUT2D eigenvalue weighted by molar-refractivity contribution is -0.150. The molecule has 1 N–H and O–H groups in total. The largest absolute Gasteiger partial charge is 0.449 e. The summed E-state index contributed by atoms with van der Waals surface area (Å²) in [4.78, 5) is 24.7. The first-order chi connectivity index (χ1) is 13.4. The summed E-state index contributed by atoms with van der Waals surface area (Å²) < 4.78 is 7.05. The number of hydrogen-bond acceptors (Lipinski definition) is 4. The summed E-state index contributed by atoms with van der Waals surface area (Å²) in [5.41, 5.74) is 5.11. The van der Waals surface area contributed by atoms with Crippen molar-refractivity contribution in [3.63, 3.8) is 0 Å². The molecule has 0 spiro atoms. The first kappa shape index (κ1) is 19.9. The van der Waals surface area contributed by atoms with Crippen molar-refractivity contribution in [3.05, 3.63) is 58.4 Å². The first-order valence-electron chi connectivity index (χ1n) is 9.64. The SMILES string of the molecule is Cc1nn(C)c(C)c1/C=C/C(=O)O[C@@H](C)C(=O)N[C@@H]1CCCc2ccccc21. The van der Waals surface area contributed by atoms with Gasteiger partial charge in [-0.25, -0.2) is 4.79 Å². The van der Waals surface area contributed by atoms with Gasteiger partial charge in [-0.3, -0.25) is 9.48 Å². The maximum atomic E-state index is 12.5. The Bertz CT molecular complexity index is 914. The molecule has 6 nitrogen and oxygen atoms in total. The number of rotatable bonds is 5. The number of esters is 1. The lowest BCUT2D eigenvalue weighted by Crippen LogP contribution is -2.39. The Kier molecular flexibility index (Phi) is 5.97. The van der Waals surface area contributed by atoms with Crippen molar-refractivity contribution in [1.29, 1.82) is 0 Å². The van der Waals surface area contributed by atoms with Gasteiger partial charge >= 0.3 is 5.97 Å². The van der Waals surface area contributed by atoms with E-state index in [-0.39, 0.29) is 11.9 Å². The molecule has 1 heterocycles. The predicted octanol–water partition coefficient (Wildman–Crippen LogP) is 3.18. The molecule has 1 aliphatic rings. The standard InChI is InChI=1S/C22H27N3O3/c1-14-18(15(2)25(4)24-14)12-13-21(26)28-16(3)22(27)23-20-11-7-9-17-8-5-6-10-19(17)20/h5-6,8,10,12-13,16,20H,7,9,11H2,1-4H3,(H,23,27)/b13-12+/t16-,20+/m0/s1. The van der Waals surface area contributed by atoms with Gasteiger partial charge in [-0.1, -0.05) is 24.3 Å². The van der Waals surface area contributed by atoms with E-state index in [0.717, 1.165) is 41.8 Å². The maximum Gasteiger partial charge on any atom is 0.331 e. The third-order valence-corrected chi connectivity index (χ3v) is 5.30. The zero-order valence-electron chi connectivity index (χ0n) is 16.9. The number of ether oxygens (including phenoxy) is 1. The van der Waals surface area contributed by atoms with Gasteiger partial charge in [-0.05, 0) is 57.2 Å². The minimum Gasteiger partial charge on any atom is -0.449 e. The van der Waals surface area contributed by atoms with Crippen molar-refractivity contribution in [2.75, 3.05) is 0 Å². The topological polar surface area (TPSA) is 73.2 Å². The Morgan fingerprint density at radius 1 is 1.32 bits per heavy atom. The molecule has 0 aliphatic heterocycles. The van der Waals surface area contributed by atoms with E-state index in [1.165, 1.54) is 11.6 Å². The van der Waals surface area contributed by atoms with E-state index in [1.807, 2.05) is 33.0 Å². The fourth-order valence-electron chi connectivity index (χ4n) is 3.64. The van der Waals surface area contributed by atoms with Crippen LogP contribution in [-0.4, -0.2) is 27.8 Å². The molecule has 1 aromatic carbocycles. The van der Waals surface area contributed by atoms with E-state index in [9.17, 15) is 9.59 Å². The molecule has 0 bridgehead atoms. The van der Waals surface area contributed by atoms with Gasteiger partial charge in [0.15, 0.2) is 6.10 Å². The number of fused-ring (bicyclic) bond motifs is 1. The second-order valence-corrected chi connectivity index (χ2v) is 7.27. The highest BCUT2D eigenvalue weighted by molar-refractivity contribution is 5.90. The van der Waals surface area contributed by atoms with Crippen LogP contribution in [0.4, 0.5) is 0 Å². The normalized spacial score (nSPS) is 17.2. The van der Waals surface area contributed by atoms with E-state index < -0.39 is 12.1 Å². The van der Waals surface area contributed by atoms with Crippen molar-refractivity contribution in [2.24, 2.45) is 7.05 Å². The van der Waals surface area contributed by atoms with Crippen LogP contribution in [0.15, 0.2) is 30.3 Å². The Morgan fingerprint density at radius 2 is 2.07 bits per heavy atom. The van der Waals surface area contributed by atoms with Crippen molar-refractivity contribution < 1.29 is 14.3 Å². The van der Waals surface area contributed by atoms with E-state index in [1.54, 1.807) is 17.7 Å². The number of nitrogens with one attached hydrogen (secondary N) is 1. The molecule has 0 saturated carbocycles. The van der Waals surface area contributed by atoms with E-state index in [2.05, 4.69) is 22.5 Å². The van der Waals surface area contributed by atoms with Gasteiger partial charge < -0.3 is 10.1 Å². The molecule has 0 radical (unpaired) electrons. The molecule has 2 aromatic rings. The summed E-state index contributed by atoms with van der Waals surface area (Å²) >= 11 is 0. The van der Waals surface area contributed by atoms with Crippen LogP contribution in [0.1, 0.15) is 53.9 Å². The van der Waals surface area contributed by atoms with E-state index in [0.29, 0.717) is 0 Å². The Balaban J connectivity index is 1.59. The van der Waals surface area contributed by atoms with Gasteiger partial charge in [0.25, 0.3) is 5.91 Å². The van der Waals surface area contributed by atoms with Crippen molar-refractivity contribution in [3.8, 4) is 0 Å². The van der Waals surface area contributed by atoms with Crippen LogP contribution in [0.2, 0.25) is 0 Å². The molecule has 1 aromatic heterocycles. The number of aryl methyl sites for hydroxylation is 3. The van der Waals surface area contributed by atoms with Gasteiger partial charge in [0.1, 0.15) is 0 Å². The zero-order chi connectivity index (χ0) is 20.3. The quantitative estimate of drug-likeness (QED) is 0.638. The summed E-state index contributed by atoms with van der Waals surface area (Å²) in [5.74, 6) is -0.827. The average molecular weight is 381 g/mol. The molecule has 1 aliphatic carbocycles. The fraction of sp³-hybridized carbons (Fsp3) is 0.409. The smallest absolute Gasteiger partial charge is 0.331 e. The minimum atomic E-state index is -0.859. The average Bonchev–Trinajstić information content (AvgIpc) is 2.92.